The molecule has 3 rings (SSSR count). The second-order valence-corrected chi connectivity index (χ2v) is 9.54. The van der Waals surface area contributed by atoms with Gasteiger partial charge in [0.1, 0.15) is 9.84 Å². The zero-order valence-corrected chi connectivity index (χ0v) is 18.0. The minimum Gasteiger partial charge on any atom is -0.378 e. The van der Waals surface area contributed by atoms with E-state index >= 15 is 0 Å². The number of nitrogens with zero attached hydrogens (tertiary/aromatic N) is 5. The van der Waals surface area contributed by atoms with Crippen LogP contribution < -0.4 is 5.73 Å². The zero-order valence-electron chi connectivity index (χ0n) is 17.2. The molecular formula is C19H19F3N6O4S. The van der Waals surface area contributed by atoms with E-state index in [1.54, 1.807) is 0 Å². The Bertz CT molecular complexity index is 1280. The van der Waals surface area contributed by atoms with Gasteiger partial charge in [-0.15, -0.1) is 0 Å². The SMILES string of the molecule is CCS(=O)(=O)CCC(c1cccc(-n2cc(-c3ccnc(N)c3[N+](=O)[O-])cn2)n1)C(F)(F)F. The summed E-state index contributed by atoms with van der Waals surface area (Å²) in [5.74, 6) is -3.24. The second-order valence-electron chi connectivity index (χ2n) is 7.06. The highest BCUT2D eigenvalue weighted by atomic mass is 32.2. The number of halogens is 3. The van der Waals surface area contributed by atoms with Crippen LogP contribution in [0.3, 0.4) is 0 Å². The van der Waals surface area contributed by atoms with Crippen molar-refractivity contribution >= 4 is 21.3 Å². The van der Waals surface area contributed by atoms with Gasteiger partial charge < -0.3 is 5.73 Å². The minimum absolute atomic E-state index is 0.0241. The zero-order chi connectivity index (χ0) is 24.4. The van der Waals surface area contributed by atoms with Crippen molar-refractivity contribution in [2.75, 3.05) is 17.2 Å². The lowest BCUT2D eigenvalue weighted by atomic mass is 10.0. The van der Waals surface area contributed by atoms with Crippen molar-refractivity contribution < 1.29 is 26.5 Å². The van der Waals surface area contributed by atoms with E-state index in [0.717, 1.165) is 4.68 Å². The normalized spacial score (nSPS) is 13.1. The molecule has 0 bridgehead atoms. The summed E-state index contributed by atoms with van der Waals surface area (Å²) in [5, 5.41) is 15.4. The maximum absolute atomic E-state index is 13.7. The van der Waals surface area contributed by atoms with Gasteiger partial charge >= 0.3 is 11.9 Å². The molecule has 3 aromatic rings. The van der Waals surface area contributed by atoms with Gasteiger partial charge in [0, 0.05) is 23.7 Å². The van der Waals surface area contributed by atoms with Crippen LogP contribution >= 0.6 is 0 Å². The molecule has 3 heterocycles. The lowest BCUT2D eigenvalue weighted by molar-refractivity contribution is -0.383. The Kier molecular flexibility index (Phi) is 6.67. The maximum Gasteiger partial charge on any atom is 0.397 e. The van der Waals surface area contributed by atoms with Gasteiger partial charge in [-0.05, 0) is 24.6 Å². The number of pyridine rings is 2. The molecule has 0 radical (unpaired) electrons. The first kappa shape index (κ1) is 24.1. The first-order valence-electron chi connectivity index (χ1n) is 9.61. The van der Waals surface area contributed by atoms with Crippen molar-refractivity contribution in [2.24, 2.45) is 0 Å². The monoisotopic (exact) mass is 484 g/mol. The van der Waals surface area contributed by atoms with Crippen LogP contribution in [0.4, 0.5) is 24.7 Å². The van der Waals surface area contributed by atoms with Crippen LogP contribution in [0.1, 0.15) is 25.0 Å². The summed E-state index contributed by atoms with van der Waals surface area (Å²) in [6, 6.07) is 5.29. The summed E-state index contributed by atoms with van der Waals surface area (Å²) in [7, 11) is -3.60. The molecular weight excluding hydrogens is 465 g/mol. The molecule has 1 atom stereocenters. The molecule has 2 N–H and O–H groups in total. The van der Waals surface area contributed by atoms with Gasteiger partial charge in [-0.2, -0.15) is 18.3 Å². The lowest BCUT2D eigenvalue weighted by Crippen LogP contribution is -2.25. The Hall–Kier alpha value is -3.55. The molecule has 0 aliphatic carbocycles. The summed E-state index contributed by atoms with van der Waals surface area (Å²) < 4.78 is 65.6. The molecule has 176 valence electrons. The molecule has 33 heavy (non-hydrogen) atoms. The van der Waals surface area contributed by atoms with Crippen molar-refractivity contribution in [2.45, 2.75) is 25.4 Å². The Labute approximate surface area is 186 Å². The maximum atomic E-state index is 13.7. The summed E-state index contributed by atoms with van der Waals surface area (Å²) in [6.07, 6.45) is -1.45. The molecule has 0 aromatic carbocycles. The number of alkyl halides is 3. The van der Waals surface area contributed by atoms with Crippen molar-refractivity contribution in [3.05, 3.63) is 58.7 Å². The van der Waals surface area contributed by atoms with Gasteiger partial charge in [-0.3, -0.25) is 10.1 Å². The highest BCUT2D eigenvalue weighted by Gasteiger charge is 2.42. The van der Waals surface area contributed by atoms with Gasteiger partial charge in [-0.1, -0.05) is 13.0 Å². The van der Waals surface area contributed by atoms with Crippen molar-refractivity contribution in [3.63, 3.8) is 0 Å². The van der Waals surface area contributed by atoms with E-state index in [1.165, 1.54) is 49.8 Å². The molecule has 0 saturated carbocycles. The van der Waals surface area contributed by atoms with Gasteiger partial charge in [-0.25, -0.2) is 23.1 Å². The molecule has 10 nitrogen and oxygen atoms in total. The summed E-state index contributed by atoms with van der Waals surface area (Å²) in [6.45, 7) is 1.37. The third-order valence-corrected chi connectivity index (χ3v) is 6.67. The number of nitrogens with two attached hydrogens (primary N) is 1. The summed E-state index contributed by atoms with van der Waals surface area (Å²) >= 11 is 0. The molecule has 14 heteroatoms. The molecule has 0 fully saturated rings. The van der Waals surface area contributed by atoms with E-state index in [-0.39, 0.29) is 34.2 Å². The van der Waals surface area contributed by atoms with Crippen LogP contribution in [0, 0.1) is 10.1 Å². The van der Waals surface area contributed by atoms with E-state index in [4.69, 9.17) is 5.73 Å². The van der Waals surface area contributed by atoms with Gasteiger partial charge in [0.25, 0.3) is 0 Å². The average molecular weight is 484 g/mol. The molecule has 0 saturated heterocycles. The number of sulfone groups is 1. The Morgan fingerprint density at radius 2 is 2.00 bits per heavy atom. The fourth-order valence-electron chi connectivity index (χ4n) is 3.16. The first-order chi connectivity index (χ1) is 15.4. The number of anilines is 1. The molecule has 3 aromatic heterocycles. The standard InChI is InChI=1S/C19H19F3N6O4S/c1-2-33(31,32)9-7-14(19(20,21)22)15-4-3-5-16(26-15)27-11-12(10-25-27)13-6-8-24-18(23)17(13)28(29)30/h3-6,8,10-11,14H,2,7,9H2,1H3,(H2,23,24). The van der Waals surface area contributed by atoms with Crippen LogP contribution in [0.2, 0.25) is 0 Å². The highest BCUT2D eigenvalue weighted by molar-refractivity contribution is 7.91. The van der Waals surface area contributed by atoms with Gasteiger partial charge in [0.05, 0.1) is 34.0 Å². The van der Waals surface area contributed by atoms with E-state index in [1.807, 2.05) is 0 Å². The number of nitro groups is 1. The Balaban J connectivity index is 1.97. The number of aromatic nitrogens is 4. The Morgan fingerprint density at radius 3 is 2.64 bits per heavy atom. The first-order valence-corrected chi connectivity index (χ1v) is 11.4. The van der Waals surface area contributed by atoms with E-state index < -0.39 is 44.7 Å². The number of nitrogen functional groups attached to an aromatic ring is 1. The topological polar surface area (TPSA) is 147 Å². The fraction of sp³-hybridized carbons (Fsp3) is 0.316. The molecule has 0 aliphatic rings. The minimum atomic E-state index is -4.71. The van der Waals surface area contributed by atoms with Crippen molar-refractivity contribution in [3.8, 4) is 16.9 Å². The van der Waals surface area contributed by atoms with Crippen LogP contribution in [0.25, 0.3) is 16.9 Å². The van der Waals surface area contributed by atoms with Crippen molar-refractivity contribution in [1.29, 1.82) is 0 Å². The van der Waals surface area contributed by atoms with Crippen LogP contribution in [0.15, 0.2) is 42.9 Å². The molecule has 0 aliphatic heterocycles. The van der Waals surface area contributed by atoms with E-state index in [0.29, 0.717) is 0 Å². The number of rotatable bonds is 8. The van der Waals surface area contributed by atoms with Crippen molar-refractivity contribution in [1.82, 2.24) is 19.7 Å². The van der Waals surface area contributed by atoms with Crippen LogP contribution in [-0.2, 0) is 9.84 Å². The molecule has 0 amide bonds. The number of hydrogen-bond acceptors (Lipinski definition) is 8. The third kappa shape index (κ3) is 5.45. The molecule has 1 unspecified atom stereocenters. The highest BCUT2D eigenvalue weighted by Crippen LogP contribution is 2.37. The summed E-state index contributed by atoms with van der Waals surface area (Å²) in [5.41, 5.74) is 5.23. The smallest absolute Gasteiger partial charge is 0.378 e. The van der Waals surface area contributed by atoms with Gasteiger partial charge in [0.15, 0.2) is 5.82 Å². The van der Waals surface area contributed by atoms with Crippen LogP contribution in [0.5, 0.6) is 0 Å². The number of hydrogen-bond donors (Lipinski definition) is 1. The third-order valence-electron chi connectivity index (χ3n) is 4.93. The molecule has 0 spiro atoms. The lowest BCUT2D eigenvalue weighted by Gasteiger charge is -2.20. The predicted molar refractivity (Wildman–Crippen MR) is 113 cm³/mol. The Morgan fingerprint density at radius 1 is 1.27 bits per heavy atom. The second kappa shape index (κ2) is 9.13. The largest absolute Gasteiger partial charge is 0.397 e. The fourth-order valence-corrected chi connectivity index (χ4v) is 4.05. The van der Waals surface area contributed by atoms with E-state index in [2.05, 4.69) is 15.1 Å². The van der Waals surface area contributed by atoms with Gasteiger partial charge in [0.2, 0.25) is 5.82 Å². The summed E-state index contributed by atoms with van der Waals surface area (Å²) in [4.78, 5) is 18.4. The van der Waals surface area contributed by atoms with Crippen LogP contribution in [-0.4, -0.2) is 50.8 Å². The average Bonchev–Trinajstić information content (AvgIpc) is 3.23. The van der Waals surface area contributed by atoms with E-state index in [9.17, 15) is 31.7 Å². The quantitative estimate of drug-likeness (QED) is 0.378. The predicted octanol–water partition coefficient (Wildman–Crippen LogP) is 3.29.